The number of amides is 1. The summed E-state index contributed by atoms with van der Waals surface area (Å²) in [6.45, 7) is 11.6. The van der Waals surface area contributed by atoms with Gasteiger partial charge in [-0.25, -0.2) is 4.79 Å². The molecule has 1 aliphatic heterocycles. The van der Waals surface area contributed by atoms with Crippen LogP contribution in [0.1, 0.15) is 34.1 Å². The molecular formula is C17H32F3N5O2. The maximum atomic E-state index is 12.2. The van der Waals surface area contributed by atoms with E-state index >= 15 is 0 Å². The predicted molar refractivity (Wildman–Crippen MR) is 98.9 cm³/mol. The van der Waals surface area contributed by atoms with Crippen molar-refractivity contribution in [1.82, 2.24) is 20.4 Å². The third kappa shape index (κ3) is 10.9. The van der Waals surface area contributed by atoms with Crippen molar-refractivity contribution in [3.05, 3.63) is 0 Å². The largest absolute Gasteiger partial charge is 0.444 e. The zero-order valence-electron chi connectivity index (χ0n) is 16.7. The fourth-order valence-corrected chi connectivity index (χ4v) is 2.45. The normalized spacial score (nSPS) is 17.0. The van der Waals surface area contributed by atoms with Crippen molar-refractivity contribution in [2.24, 2.45) is 4.99 Å². The molecule has 1 amide bonds. The topological polar surface area (TPSA) is 69.2 Å². The van der Waals surface area contributed by atoms with Crippen molar-refractivity contribution in [1.29, 1.82) is 0 Å². The second-order valence-corrected chi connectivity index (χ2v) is 7.36. The molecule has 0 aromatic rings. The monoisotopic (exact) mass is 395 g/mol. The van der Waals surface area contributed by atoms with Gasteiger partial charge in [0.1, 0.15) is 5.60 Å². The van der Waals surface area contributed by atoms with E-state index in [0.717, 1.165) is 13.1 Å². The fourth-order valence-electron chi connectivity index (χ4n) is 2.45. The van der Waals surface area contributed by atoms with Crippen LogP contribution in [0, 0.1) is 0 Å². The number of alkyl halides is 3. The van der Waals surface area contributed by atoms with Crippen molar-refractivity contribution < 1.29 is 22.7 Å². The number of piperazine rings is 1. The van der Waals surface area contributed by atoms with Crippen LogP contribution in [0.2, 0.25) is 0 Å². The first-order valence-corrected chi connectivity index (χ1v) is 9.29. The lowest BCUT2D eigenvalue weighted by Gasteiger charge is -2.35. The minimum atomic E-state index is -4.20. The highest BCUT2D eigenvalue weighted by Gasteiger charge is 2.27. The zero-order chi connectivity index (χ0) is 20.5. The van der Waals surface area contributed by atoms with Crippen LogP contribution < -0.4 is 10.6 Å². The Morgan fingerprint density at radius 3 is 2.26 bits per heavy atom. The molecule has 1 rings (SSSR count). The summed E-state index contributed by atoms with van der Waals surface area (Å²) in [5.74, 6) is 0.383. The molecule has 0 aromatic carbocycles. The van der Waals surface area contributed by atoms with E-state index in [9.17, 15) is 18.0 Å². The highest BCUT2D eigenvalue weighted by Crippen LogP contribution is 2.18. The molecule has 2 N–H and O–H groups in total. The van der Waals surface area contributed by atoms with E-state index in [-0.39, 0.29) is 12.6 Å². The molecule has 10 heteroatoms. The number of guanidine groups is 1. The van der Waals surface area contributed by atoms with Crippen LogP contribution in [0.25, 0.3) is 0 Å². The summed E-state index contributed by atoms with van der Waals surface area (Å²) in [6.07, 6.45) is -5.43. The first-order chi connectivity index (χ1) is 12.5. The van der Waals surface area contributed by atoms with Crippen LogP contribution in [-0.2, 0) is 4.74 Å². The van der Waals surface area contributed by atoms with Crippen LogP contribution in [-0.4, -0.2) is 86.0 Å². The minimum Gasteiger partial charge on any atom is -0.444 e. The highest BCUT2D eigenvalue weighted by molar-refractivity contribution is 5.79. The summed E-state index contributed by atoms with van der Waals surface area (Å²) in [5, 5.41) is 5.98. The average molecular weight is 395 g/mol. The first-order valence-electron chi connectivity index (χ1n) is 9.29. The average Bonchev–Trinajstić information content (AvgIpc) is 2.52. The smallest absolute Gasteiger partial charge is 0.410 e. The van der Waals surface area contributed by atoms with E-state index in [2.05, 4.69) is 20.5 Å². The van der Waals surface area contributed by atoms with Crippen molar-refractivity contribution >= 4 is 12.1 Å². The maximum absolute atomic E-state index is 12.2. The Hall–Kier alpha value is -1.71. The number of hydrogen-bond donors (Lipinski definition) is 2. The molecule has 0 unspecified atom stereocenters. The van der Waals surface area contributed by atoms with Crippen LogP contribution in [0.15, 0.2) is 4.99 Å². The molecule has 0 atom stereocenters. The standard InChI is InChI=1S/C17H32F3N5O2/c1-5-21-14(22-7-6-17(18,19)20)23-8-9-24-10-12-25(13-11-24)15(26)27-16(2,3)4/h5-13H2,1-4H3,(H2,21,22,23). The number of nitrogens with zero attached hydrogens (tertiary/aromatic N) is 3. The second-order valence-electron chi connectivity index (χ2n) is 7.36. The Balaban J connectivity index is 2.31. The highest BCUT2D eigenvalue weighted by atomic mass is 19.4. The van der Waals surface area contributed by atoms with E-state index in [1.165, 1.54) is 0 Å². The summed E-state index contributed by atoms with van der Waals surface area (Å²) in [5.41, 5.74) is -0.508. The van der Waals surface area contributed by atoms with Gasteiger partial charge in [0.2, 0.25) is 0 Å². The molecule has 0 spiro atoms. The molecule has 27 heavy (non-hydrogen) atoms. The van der Waals surface area contributed by atoms with E-state index < -0.39 is 18.2 Å². The molecule has 0 aliphatic carbocycles. The lowest BCUT2D eigenvalue weighted by atomic mass is 10.2. The SMILES string of the molecule is CCNC(=NCCC(F)(F)F)NCCN1CCN(C(=O)OC(C)(C)C)CC1. The Bertz CT molecular complexity index is 484. The van der Waals surface area contributed by atoms with Crippen molar-refractivity contribution in [3.8, 4) is 0 Å². The molecule has 1 heterocycles. The van der Waals surface area contributed by atoms with Crippen molar-refractivity contribution in [2.45, 2.75) is 45.9 Å². The zero-order valence-corrected chi connectivity index (χ0v) is 16.7. The van der Waals surface area contributed by atoms with Gasteiger partial charge in [-0.05, 0) is 27.7 Å². The molecule has 158 valence electrons. The maximum Gasteiger partial charge on any atom is 0.410 e. The molecule has 0 saturated carbocycles. The van der Waals surface area contributed by atoms with Gasteiger partial charge >= 0.3 is 12.3 Å². The molecular weight excluding hydrogens is 363 g/mol. The van der Waals surface area contributed by atoms with Crippen LogP contribution in [0.4, 0.5) is 18.0 Å². The third-order valence-corrected chi connectivity index (χ3v) is 3.75. The van der Waals surface area contributed by atoms with Crippen LogP contribution in [0.5, 0.6) is 0 Å². The Labute approximate surface area is 159 Å². The molecule has 0 radical (unpaired) electrons. The van der Waals surface area contributed by atoms with E-state index in [4.69, 9.17) is 4.74 Å². The fraction of sp³-hybridized carbons (Fsp3) is 0.882. The predicted octanol–water partition coefficient (Wildman–Crippen LogP) is 2.05. The van der Waals surface area contributed by atoms with Gasteiger partial charge in [0.15, 0.2) is 5.96 Å². The molecule has 7 nitrogen and oxygen atoms in total. The molecule has 1 aliphatic rings. The van der Waals surface area contributed by atoms with Gasteiger partial charge in [0.25, 0.3) is 0 Å². The summed E-state index contributed by atoms with van der Waals surface area (Å²) < 4.78 is 42.0. The van der Waals surface area contributed by atoms with Gasteiger partial charge in [-0.3, -0.25) is 9.89 Å². The molecule has 0 aromatic heterocycles. The number of aliphatic imine (C=N–C) groups is 1. The lowest BCUT2D eigenvalue weighted by molar-refractivity contribution is -0.132. The Morgan fingerprint density at radius 1 is 1.11 bits per heavy atom. The van der Waals surface area contributed by atoms with Crippen molar-refractivity contribution in [3.63, 3.8) is 0 Å². The van der Waals surface area contributed by atoms with Gasteiger partial charge in [-0.2, -0.15) is 13.2 Å². The van der Waals surface area contributed by atoms with Crippen LogP contribution in [0.3, 0.4) is 0 Å². The van der Waals surface area contributed by atoms with Crippen LogP contribution >= 0.6 is 0 Å². The van der Waals surface area contributed by atoms with E-state index in [1.54, 1.807) is 4.90 Å². The quantitative estimate of drug-likeness (QED) is 0.532. The molecule has 0 bridgehead atoms. The number of rotatable bonds is 6. The summed E-state index contributed by atoms with van der Waals surface area (Å²) in [7, 11) is 0. The van der Waals surface area contributed by atoms with Gasteiger partial charge in [0, 0.05) is 45.8 Å². The van der Waals surface area contributed by atoms with E-state index in [1.807, 2.05) is 27.7 Å². The molecule has 1 fully saturated rings. The van der Waals surface area contributed by atoms with Gasteiger partial charge < -0.3 is 20.3 Å². The second kappa shape index (κ2) is 10.6. The number of ether oxygens (including phenoxy) is 1. The van der Waals surface area contributed by atoms with Gasteiger partial charge in [-0.1, -0.05) is 0 Å². The van der Waals surface area contributed by atoms with Gasteiger partial charge in [0.05, 0.1) is 13.0 Å². The Kier molecular flexibility index (Phi) is 9.14. The number of nitrogens with one attached hydrogen (secondary N) is 2. The van der Waals surface area contributed by atoms with Crippen molar-refractivity contribution in [2.75, 3.05) is 52.4 Å². The number of hydrogen-bond acceptors (Lipinski definition) is 4. The minimum absolute atomic E-state index is 0.298. The summed E-state index contributed by atoms with van der Waals surface area (Å²) in [4.78, 5) is 19.9. The third-order valence-electron chi connectivity index (χ3n) is 3.75. The summed E-state index contributed by atoms with van der Waals surface area (Å²) >= 11 is 0. The number of halogens is 3. The van der Waals surface area contributed by atoms with E-state index in [0.29, 0.717) is 38.7 Å². The Morgan fingerprint density at radius 2 is 1.74 bits per heavy atom. The summed E-state index contributed by atoms with van der Waals surface area (Å²) in [6, 6.07) is 0. The number of carbonyl (C=O) groups is 1. The lowest BCUT2D eigenvalue weighted by Crippen LogP contribution is -2.51. The first kappa shape index (κ1) is 23.3. The molecule has 1 saturated heterocycles. The van der Waals surface area contributed by atoms with Gasteiger partial charge in [-0.15, -0.1) is 0 Å². The number of carbonyl (C=O) groups excluding carboxylic acids is 1.